The number of benzene rings is 2. The third-order valence-corrected chi connectivity index (χ3v) is 3.94. The Labute approximate surface area is 145 Å². The van der Waals surface area contributed by atoms with Crippen LogP contribution in [0.2, 0.25) is 0 Å². The van der Waals surface area contributed by atoms with Crippen molar-refractivity contribution in [3.05, 3.63) is 60.2 Å². The van der Waals surface area contributed by atoms with Crippen LogP contribution in [-0.2, 0) is 11.3 Å². The molecule has 0 saturated carbocycles. The van der Waals surface area contributed by atoms with Crippen molar-refractivity contribution in [2.24, 2.45) is 0 Å². The summed E-state index contributed by atoms with van der Waals surface area (Å²) in [5.41, 5.74) is 3.54. The number of hydrogen-bond acceptors (Lipinski definition) is 1. The molecule has 2 N–H and O–H groups in total. The first-order valence-corrected chi connectivity index (χ1v) is 8.66. The van der Waals surface area contributed by atoms with Crippen molar-refractivity contribution in [1.82, 2.24) is 5.32 Å². The largest absolute Gasteiger partial charge is 0.347 e. The SMILES string of the molecule is CC[NH+](CC(=O)NC(C)(C)C)Cc1ccc(-c2ccccc2)cc1. The Balaban J connectivity index is 1.97. The molecular formula is C21H29N2O+. The number of carbonyl (C=O) groups excluding carboxylic acids is 1. The van der Waals surface area contributed by atoms with Crippen molar-refractivity contribution >= 4 is 5.91 Å². The van der Waals surface area contributed by atoms with E-state index < -0.39 is 0 Å². The van der Waals surface area contributed by atoms with Crippen LogP contribution in [0.1, 0.15) is 33.3 Å². The van der Waals surface area contributed by atoms with E-state index in [4.69, 9.17) is 0 Å². The van der Waals surface area contributed by atoms with Gasteiger partial charge in [0.2, 0.25) is 0 Å². The highest BCUT2D eigenvalue weighted by atomic mass is 16.2. The molecule has 0 fully saturated rings. The zero-order valence-corrected chi connectivity index (χ0v) is 15.2. The minimum absolute atomic E-state index is 0.111. The number of rotatable bonds is 6. The van der Waals surface area contributed by atoms with Gasteiger partial charge in [-0.05, 0) is 38.8 Å². The molecule has 2 aromatic carbocycles. The van der Waals surface area contributed by atoms with Gasteiger partial charge in [-0.2, -0.15) is 0 Å². The van der Waals surface area contributed by atoms with Crippen LogP contribution in [0, 0.1) is 0 Å². The lowest BCUT2D eigenvalue weighted by Gasteiger charge is -2.23. The van der Waals surface area contributed by atoms with Gasteiger partial charge in [0.1, 0.15) is 6.54 Å². The predicted molar refractivity (Wildman–Crippen MR) is 99.8 cm³/mol. The third-order valence-electron chi connectivity index (χ3n) is 3.94. The van der Waals surface area contributed by atoms with Gasteiger partial charge in [0.05, 0.1) is 6.54 Å². The molecule has 2 aromatic rings. The van der Waals surface area contributed by atoms with Crippen molar-refractivity contribution in [2.45, 2.75) is 39.8 Å². The molecule has 1 unspecified atom stereocenters. The topological polar surface area (TPSA) is 33.5 Å². The molecule has 3 nitrogen and oxygen atoms in total. The summed E-state index contributed by atoms with van der Waals surface area (Å²) in [6.45, 7) is 10.5. The van der Waals surface area contributed by atoms with E-state index in [0.29, 0.717) is 6.54 Å². The second-order valence-corrected chi connectivity index (χ2v) is 7.32. The fraction of sp³-hybridized carbons (Fsp3) is 0.381. The van der Waals surface area contributed by atoms with Crippen molar-refractivity contribution in [3.8, 4) is 11.1 Å². The van der Waals surface area contributed by atoms with E-state index >= 15 is 0 Å². The lowest BCUT2D eigenvalue weighted by Crippen LogP contribution is -3.11. The van der Waals surface area contributed by atoms with Gasteiger partial charge in [-0.1, -0.05) is 54.6 Å². The Morgan fingerprint density at radius 1 is 0.958 bits per heavy atom. The molecule has 0 heterocycles. The number of hydrogen-bond donors (Lipinski definition) is 2. The Kier molecular flexibility index (Phi) is 6.16. The molecule has 0 aliphatic carbocycles. The predicted octanol–water partition coefficient (Wildman–Crippen LogP) is 2.67. The lowest BCUT2D eigenvalue weighted by atomic mass is 10.0. The number of carbonyl (C=O) groups is 1. The van der Waals surface area contributed by atoms with Crippen LogP contribution in [0.3, 0.4) is 0 Å². The molecule has 1 amide bonds. The van der Waals surface area contributed by atoms with Crippen LogP contribution in [-0.4, -0.2) is 24.5 Å². The zero-order valence-electron chi connectivity index (χ0n) is 15.2. The second-order valence-electron chi connectivity index (χ2n) is 7.32. The number of quaternary nitrogens is 1. The monoisotopic (exact) mass is 325 g/mol. The quantitative estimate of drug-likeness (QED) is 0.841. The fourth-order valence-corrected chi connectivity index (χ4v) is 2.74. The highest BCUT2D eigenvalue weighted by Gasteiger charge is 2.18. The molecule has 0 aliphatic heterocycles. The first-order chi connectivity index (χ1) is 11.4. The maximum atomic E-state index is 12.1. The maximum Gasteiger partial charge on any atom is 0.275 e. The smallest absolute Gasteiger partial charge is 0.275 e. The van der Waals surface area contributed by atoms with E-state index in [1.54, 1.807) is 0 Å². The van der Waals surface area contributed by atoms with Gasteiger partial charge in [0, 0.05) is 11.1 Å². The molecule has 0 bridgehead atoms. The molecule has 0 radical (unpaired) electrons. The Morgan fingerprint density at radius 2 is 1.54 bits per heavy atom. The Hall–Kier alpha value is -2.13. The van der Waals surface area contributed by atoms with Gasteiger partial charge >= 0.3 is 0 Å². The summed E-state index contributed by atoms with van der Waals surface area (Å²) in [6, 6.07) is 19.0. The van der Waals surface area contributed by atoms with E-state index in [1.807, 2.05) is 26.8 Å². The molecule has 0 aromatic heterocycles. The Bertz CT molecular complexity index is 642. The normalized spacial score (nSPS) is 12.7. The molecule has 2 rings (SSSR count). The number of nitrogens with one attached hydrogen (secondary N) is 2. The lowest BCUT2D eigenvalue weighted by molar-refractivity contribution is -0.904. The van der Waals surface area contributed by atoms with E-state index in [-0.39, 0.29) is 11.4 Å². The van der Waals surface area contributed by atoms with Gasteiger partial charge in [0.25, 0.3) is 5.91 Å². The van der Waals surface area contributed by atoms with Crippen molar-refractivity contribution in [2.75, 3.05) is 13.1 Å². The van der Waals surface area contributed by atoms with E-state index in [0.717, 1.165) is 13.1 Å². The number of amides is 1. The van der Waals surface area contributed by atoms with Gasteiger partial charge < -0.3 is 10.2 Å². The van der Waals surface area contributed by atoms with Gasteiger partial charge in [-0.3, -0.25) is 4.79 Å². The van der Waals surface area contributed by atoms with Crippen LogP contribution in [0.25, 0.3) is 11.1 Å². The van der Waals surface area contributed by atoms with Crippen LogP contribution in [0.5, 0.6) is 0 Å². The summed E-state index contributed by atoms with van der Waals surface area (Å²) in [5, 5.41) is 3.04. The summed E-state index contributed by atoms with van der Waals surface area (Å²) in [7, 11) is 0. The zero-order chi connectivity index (χ0) is 17.6. The molecule has 1 atom stereocenters. The molecule has 0 aliphatic rings. The van der Waals surface area contributed by atoms with Gasteiger partial charge in [-0.15, -0.1) is 0 Å². The molecule has 0 saturated heterocycles. The Morgan fingerprint density at radius 3 is 2.08 bits per heavy atom. The molecular weight excluding hydrogens is 296 g/mol. The summed E-state index contributed by atoms with van der Waals surface area (Å²) < 4.78 is 0. The highest BCUT2D eigenvalue weighted by molar-refractivity contribution is 5.77. The van der Waals surface area contributed by atoms with E-state index in [1.165, 1.54) is 21.6 Å². The maximum absolute atomic E-state index is 12.1. The summed E-state index contributed by atoms with van der Waals surface area (Å²) in [4.78, 5) is 13.4. The van der Waals surface area contributed by atoms with Crippen LogP contribution >= 0.6 is 0 Å². The van der Waals surface area contributed by atoms with E-state index in [9.17, 15) is 4.79 Å². The fourth-order valence-electron chi connectivity index (χ4n) is 2.74. The van der Waals surface area contributed by atoms with Crippen LogP contribution < -0.4 is 10.2 Å². The minimum Gasteiger partial charge on any atom is -0.347 e. The van der Waals surface area contributed by atoms with Crippen molar-refractivity contribution in [1.29, 1.82) is 0 Å². The standard InChI is InChI=1S/C21H28N2O/c1-5-23(16-20(24)22-21(2,3)4)15-17-11-13-19(14-12-17)18-9-7-6-8-10-18/h6-14H,5,15-16H2,1-4H3,(H,22,24)/p+1. The van der Waals surface area contributed by atoms with E-state index in [2.05, 4.69) is 60.8 Å². The van der Waals surface area contributed by atoms with Crippen LogP contribution in [0.4, 0.5) is 0 Å². The molecule has 128 valence electrons. The average molecular weight is 325 g/mol. The number of likely N-dealkylation sites (N-methyl/N-ethyl adjacent to an activating group) is 1. The molecule has 0 spiro atoms. The molecule has 24 heavy (non-hydrogen) atoms. The van der Waals surface area contributed by atoms with Crippen molar-refractivity contribution in [3.63, 3.8) is 0 Å². The van der Waals surface area contributed by atoms with Gasteiger partial charge in [0.15, 0.2) is 6.54 Å². The third kappa shape index (κ3) is 5.82. The average Bonchev–Trinajstić information content (AvgIpc) is 2.54. The second kappa shape index (κ2) is 8.11. The first kappa shape index (κ1) is 18.2. The summed E-state index contributed by atoms with van der Waals surface area (Å²) in [5.74, 6) is 0.111. The molecule has 3 heteroatoms. The van der Waals surface area contributed by atoms with Crippen molar-refractivity contribution < 1.29 is 9.69 Å². The first-order valence-electron chi connectivity index (χ1n) is 8.66. The van der Waals surface area contributed by atoms with Crippen LogP contribution in [0.15, 0.2) is 54.6 Å². The summed E-state index contributed by atoms with van der Waals surface area (Å²) in [6.07, 6.45) is 0. The minimum atomic E-state index is -0.173. The highest BCUT2D eigenvalue weighted by Crippen LogP contribution is 2.18. The van der Waals surface area contributed by atoms with Gasteiger partial charge in [-0.25, -0.2) is 0 Å². The summed E-state index contributed by atoms with van der Waals surface area (Å²) >= 11 is 0.